The van der Waals surface area contributed by atoms with Gasteiger partial charge in [0.25, 0.3) is 0 Å². The lowest BCUT2D eigenvalue weighted by Crippen LogP contribution is -2.15. The van der Waals surface area contributed by atoms with E-state index < -0.39 is 0 Å². The van der Waals surface area contributed by atoms with Crippen LogP contribution in [0.5, 0.6) is 5.75 Å². The monoisotopic (exact) mass is 350 g/mol. The molecule has 4 rings (SSSR count). The van der Waals surface area contributed by atoms with Crippen LogP contribution in [0.1, 0.15) is 21.6 Å². The summed E-state index contributed by atoms with van der Waals surface area (Å²) in [5.74, 6) is 0.794. The second kappa shape index (κ2) is 6.33. The van der Waals surface area contributed by atoms with Crippen molar-refractivity contribution in [3.63, 3.8) is 0 Å². The first-order valence-electron chi connectivity index (χ1n) is 8.18. The SMILES string of the molecule is Cc1ccc(C)c(CC(=O)Nc2nc3c(s2)COc2ccccc2-3)c1. The average Bonchev–Trinajstić information content (AvgIpc) is 3.01. The molecule has 1 aliphatic heterocycles. The van der Waals surface area contributed by atoms with Gasteiger partial charge in [0, 0.05) is 5.56 Å². The number of ether oxygens (including phenoxy) is 1. The van der Waals surface area contributed by atoms with Gasteiger partial charge in [-0.25, -0.2) is 4.98 Å². The zero-order chi connectivity index (χ0) is 17.4. The van der Waals surface area contributed by atoms with Crippen molar-refractivity contribution in [1.82, 2.24) is 4.98 Å². The lowest BCUT2D eigenvalue weighted by molar-refractivity contribution is -0.115. The Labute approximate surface area is 150 Å². The van der Waals surface area contributed by atoms with E-state index in [4.69, 9.17) is 4.74 Å². The van der Waals surface area contributed by atoms with Gasteiger partial charge in [0.05, 0.1) is 17.0 Å². The third-order valence-corrected chi connectivity index (χ3v) is 5.24. The maximum atomic E-state index is 12.4. The molecule has 126 valence electrons. The number of aryl methyl sites for hydroxylation is 2. The summed E-state index contributed by atoms with van der Waals surface area (Å²) in [5.41, 5.74) is 5.23. The van der Waals surface area contributed by atoms with Crippen LogP contribution < -0.4 is 10.1 Å². The van der Waals surface area contributed by atoms with Crippen LogP contribution in [0.25, 0.3) is 11.3 Å². The second-order valence-corrected chi connectivity index (χ2v) is 7.31. The molecule has 25 heavy (non-hydrogen) atoms. The normalized spacial score (nSPS) is 12.1. The summed E-state index contributed by atoms with van der Waals surface area (Å²) < 4.78 is 5.75. The van der Waals surface area contributed by atoms with Crippen molar-refractivity contribution in [1.29, 1.82) is 0 Å². The summed E-state index contributed by atoms with van der Waals surface area (Å²) in [6.07, 6.45) is 0.352. The van der Waals surface area contributed by atoms with Crippen LogP contribution in [-0.4, -0.2) is 10.9 Å². The maximum Gasteiger partial charge on any atom is 0.230 e. The molecule has 0 saturated heterocycles. The quantitative estimate of drug-likeness (QED) is 0.757. The van der Waals surface area contributed by atoms with Gasteiger partial charge in [-0.15, -0.1) is 0 Å². The number of hydrogen-bond acceptors (Lipinski definition) is 4. The van der Waals surface area contributed by atoms with Gasteiger partial charge >= 0.3 is 0 Å². The fourth-order valence-electron chi connectivity index (χ4n) is 2.97. The predicted octanol–water partition coefficient (Wildman–Crippen LogP) is 4.50. The second-order valence-electron chi connectivity index (χ2n) is 6.23. The number of rotatable bonds is 3. The first-order chi connectivity index (χ1) is 12.1. The van der Waals surface area contributed by atoms with E-state index in [0.717, 1.165) is 38.6 Å². The molecule has 0 saturated carbocycles. The number of carbonyl (C=O) groups excluding carboxylic acids is 1. The Morgan fingerprint density at radius 1 is 1.24 bits per heavy atom. The number of carbonyl (C=O) groups is 1. The van der Waals surface area contributed by atoms with E-state index in [9.17, 15) is 4.79 Å². The molecule has 1 aromatic heterocycles. The van der Waals surface area contributed by atoms with Crippen LogP contribution in [0.3, 0.4) is 0 Å². The number of nitrogens with zero attached hydrogens (tertiary/aromatic N) is 1. The van der Waals surface area contributed by atoms with Crippen LogP contribution in [-0.2, 0) is 17.8 Å². The molecule has 3 aromatic rings. The third-order valence-electron chi connectivity index (χ3n) is 4.30. The van der Waals surface area contributed by atoms with Gasteiger partial charge in [-0.2, -0.15) is 0 Å². The molecule has 0 atom stereocenters. The Bertz CT molecular complexity index is 962. The molecule has 1 N–H and O–H groups in total. The van der Waals surface area contributed by atoms with Crippen LogP contribution >= 0.6 is 11.3 Å². The number of amides is 1. The summed E-state index contributed by atoms with van der Waals surface area (Å²) in [4.78, 5) is 18.1. The smallest absolute Gasteiger partial charge is 0.230 e. The van der Waals surface area contributed by atoms with Crippen molar-refractivity contribution in [2.24, 2.45) is 0 Å². The lowest BCUT2D eigenvalue weighted by atomic mass is 10.0. The molecule has 0 bridgehead atoms. The number of anilines is 1. The lowest BCUT2D eigenvalue weighted by Gasteiger charge is -2.15. The van der Waals surface area contributed by atoms with Gasteiger partial charge < -0.3 is 10.1 Å². The van der Waals surface area contributed by atoms with Gasteiger partial charge in [0.2, 0.25) is 5.91 Å². The highest BCUT2D eigenvalue weighted by Gasteiger charge is 2.22. The Hall–Kier alpha value is -2.66. The molecule has 5 heteroatoms. The zero-order valence-electron chi connectivity index (χ0n) is 14.1. The molecule has 1 amide bonds. The summed E-state index contributed by atoms with van der Waals surface area (Å²) in [7, 11) is 0. The Balaban J connectivity index is 1.54. The van der Waals surface area contributed by atoms with Gasteiger partial charge in [-0.05, 0) is 37.1 Å². The molecule has 0 radical (unpaired) electrons. The van der Waals surface area contributed by atoms with Crippen molar-refractivity contribution < 1.29 is 9.53 Å². The molecular weight excluding hydrogens is 332 g/mol. The molecule has 1 aliphatic rings. The Morgan fingerprint density at radius 3 is 2.96 bits per heavy atom. The predicted molar refractivity (Wildman–Crippen MR) is 100 cm³/mol. The van der Waals surface area contributed by atoms with Crippen LogP contribution in [0.4, 0.5) is 5.13 Å². The van der Waals surface area contributed by atoms with Crippen LogP contribution in [0.2, 0.25) is 0 Å². The Kier molecular flexibility index (Phi) is 4.01. The molecule has 0 fully saturated rings. The van der Waals surface area contributed by atoms with Crippen molar-refractivity contribution in [2.75, 3.05) is 5.32 Å². The summed E-state index contributed by atoms with van der Waals surface area (Å²) in [5, 5.41) is 3.56. The number of benzene rings is 2. The third kappa shape index (κ3) is 3.15. The minimum Gasteiger partial charge on any atom is -0.487 e. The average molecular weight is 350 g/mol. The molecule has 0 spiro atoms. The highest BCUT2D eigenvalue weighted by atomic mass is 32.1. The van der Waals surface area contributed by atoms with E-state index >= 15 is 0 Å². The van der Waals surface area contributed by atoms with E-state index in [2.05, 4.69) is 22.4 Å². The van der Waals surface area contributed by atoms with E-state index in [1.807, 2.05) is 44.2 Å². The van der Waals surface area contributed by atoms with E-state index in [0.29, 0.717) is 18.2 Å². The summed E-state index contributed by atoms with van der Waals surface area (Å²) in [6, 6.07) is 14.0. The van der Waals surface area contributed by atoms with Crippen molar-refractivity contribution in [2.45, 2.75) is 26.9 Å². The minimum atomic E-state index is -0.0472. The van der Waals surface area contributed by atoms with Gasteiger partial charge in [0.15, 0.2) is 5.13 Å². The van der Waals surface area contributed by atoms with Gasteiger partial charge in [-0.1, -0.05) is 47.2 Å². The van der Waals surface area contributed by atoms with Crippen LogP contribution in [0.15, 0.2) is 42.5 Å². The van der Waals surface area contributed by atoms with Crippen molar-refractivity contribution in [3.8, 4) is 17.0 Å². The fraction of sp³-hybridized carbons (Fsp3) is 0.200. The van der Waals surface area contributed by atoms with Gasteiger partial charge in [0.1, 0.15) is 12.4 Å². The molecular formula is C20H18N2O2S. The highest BCUT2D eigenvalue weighted by molar-refractivity contribution is 7.16. The zero-order valence-corrected chi connectivity index (χ0v) is 14.9. The highest BCUT2D eigenvalue weighted by Crippen LogP contribution is 2.40. The van der Waals surface area contributed by atoms with E-state index in [1.54, 1.807) is 0 Å². The topological polar surface area (TPSA) is 51.2 Å². The number of para-hydroxylation sites is 1. The molecule has 0 aliphatic carbocycles. The number of nitrogens with one attached hydrogen (secondary N) is 1. The molecule has 2 aromatic carbocycles. The summed E-state index contributed by atoms with van der Waals surface area (Å²) in [6.45, 7) is 4.56. The fourth-order valence-corrected chi connectivity index (χ4v) is 3.88. The molecule has 2 heterocycles. The minimum absolute atomic E-state index is 0.0472. The standard InChI is InChI=1S/C20H18N2O2S/c1-12-7-8-13(2)14(9-12)10-18(23)21-20-22-19-15-5-3-4-6-16(15)24-11-17(19)25-20/h3-9H,10-11H2,1-2H3,(H,21,22,23). The first-order valence-corrected chi connectivity index (χ1v) is 8.99. The number of fused-ring (bicyclic) bond motifs is 3. The van der Waals surface area contributed by atoms with Crippen molar-refractivity contribution in [3.05, 3.63) is 64.0 Å². The largest absolute Gasteiger partial charge is 0.487 e. The van der Waals surface area contributed by atoms with E-state index in [1.165, 1.54) is 11.3 Å². The summed E-state index contributed by atoms with van der Waals surface area (Å²) >= 11 is 1.48. The maximum absolute atomic E-state index is 12.4. The number of thiazole rings is 1. The first kappa shape index (κ1) is 15.8. The van der Waals surface area contributed by atoms with E-state index in [-0.39, 0.29) is 5.91 Å². The van der Waals surface area contributed by atoms with Crippen LogP contribution in [0, 0.1) is 13.8 Å². The Morgan fingerprint density at radius 2 is 2.08 bits per heavy atom. The number of hydrogen-bond donors (Lipinski definition) is 1. The van der Waals surface area contributed by atoms with Crippen molar-refractivity contribution >= 4 is 22.4 Å². The van der Waals surface area contributed by atoms with Gasteiger partial charge in [-0.3, -0.25) is 4.79 Å². The molecule has 4 nitrogen and oxygen atoms in total. The molecule has 0 unspecified atom stereocenters. The number of aromatic nitrogens is 1.